The molecule has 0 spiro atoms. The van der Waals surface area contributed by atoms with Gasteiger partial charge in [-0.1, -0.05) is 62.1 Å². The van der Waals surface area contributed by atoms with Crippen LogP contribution in [-0.2, 0) is 11.5 Å². The molecule has 0 atom stereocenters. The van der Waals surface area contributed by atoms with E-state index < -0.39 is 8.07 Å². The topological polar surface area (TPSA) is 90.1 Å². The lowest BCUT2D eigenvalue weighted by atomic mass is 10.0. The third-order valence-corrected chi connectivity index (χ3v) is 8.74. The van der Waals surface area contributed by atoms with Crippen molar-refractivity contribution in [2.75, 3.05) is 6.61 Å². The largest absolute Gasteiger partial charge is 0.360 e. The van der Waals surface area contributed by atoms with Crippen LogP contribution in [0.4, 0.5) is 0 Å². The zero-order valence-electron chi connectivity index (χ0n) is 23.2. The molecule has 4 heterocycles. The molecular weight excluding hydrogens is 516 g/mol. The molecule has 0 saturated heterocycles. The fraction of sp³-hybridized carbons (Fsp3) is 0.226. The van der Waals surface area contributed by atoms with Crippen LogP contribution in [0, 0.1) is 6.92 Å². The van der Waals surface area contributed by atoms with Crippen molar-refractivity contribution in [3.63, 3.8) is 0 Å². The number of H-pyrrole nitrogens is 1. The van der Waals surface area contributed by atoms with E-state index in [2.05, 4.69) is 29.7 Å². The molecule has 9 heteroatoms. The van der Waals surface area contributed by atoms with Gasteiger partial charge in [0, 0.05) is 32.5 Å². The van der Waals surface area contributed by atoms with Gasteiger partial charge in [0.1, 0.15) is 12.4 Å². The van der Waals surface area contributed by atoms with Crippen molar-refractivity contribution in [3.05, 3.63) is 95.2 Å². The van der Waals surface area contributed by atoms with Gasteiger partial charge in [-0.3, -0.25) is 14.9 Å². The average molecular weight is 549 g/mol. The Balaban J connectivity index is 1.45. The van der Waals surface area contributed by atoms with Gasteiger partial charge in [0.2, 0.25) is 0 Å². The number of fused-ring (bicyclic) bond motifs is 2. The van der Waals surface area contributed by atoms with Crippen molar-refractivity contribution in [1.29, 1.82) is 0 Å². The molecule has 0 fully saturated rings. The van der Waals surface area contributed by atoms with Crippen LogP contribution in [0.5, 0.6) is 0 Å². The average Bonchev–Trinajstić information content (AvgIpc) is 3.56. The third kappa shape index (κ3) is 5.01. The molecular formula is C31H32N6O2Si. The maximum Gasteiger partial charge on any atom is 0.280 e. The Bertz CT molecular complexity index is 1880. The normalized spacial score (nSPS) is 12.0. The summed E-state index contributed by atoms with van der Waals surface area (Å²) >= 11 is 0. The highest BCUT2D eigenvalue weighted by Gasteiger charge is 2.22. The molecule has 0 amide bonds. The Kier molecular flexibility index (Phi) is 6.69. The van der Waals surface area contributed by atoms with E-state index in [4.69, 9.17) is 14.8 Å². The molecule has 0 bridgehead atoms. The molecule has 6 aromatic rings. The van der Waals surface area contributed by atoms with Crippen LogP contribution < -0.4 is 5.56 Å². The van der Waals surface area contributed by atoms with Crippen LogP contribution in [0.1, 0.15) is 5.69 Å². The first-order chi connectivity index (χ1) is 19.3. The highest BCUT2D eigenvalue weighted by atomic mass is 28.3. The van der Waals surface area contributed by atoms with Crippen molar-refractivity contribution in [3.8, 4) is 33.6 Å². The molecule has 0 aliphatic carbocycles. The van der Waals surface area contributed by atoms with Crippen LogP contribution in [0.15, 0.2) is 83.9 Å². The van der Waals surface area contributed by atoms with Crippen molar-refractivity contribution < 1.29 is 4.74 Å². The van der Waals surface area contributed by atoms with Crippen LogP contribution in [0.2, 0.25) is 25.7 Å². The number of aryl methyl sites for hydroxylation is 1. The summed E-state index contributed by atoms with van der Waals surface area (Å²) < 4.78 is 9.23. The Hall–Kier alpha value is -4.34. The number of aromatic nitrogens is 6. The summed E-state index contributed by atoms with van der Waals surface area (Å²) in [5.74, 6) is 0. The number of ether oxygens (including phenoxy) is 1. The molecule has 0 aliphatic rings. The minimum atomic E-state index is -1.16. The van der Waals surface area contributed by atoms with E-state index in [-0.39, 0.29) is 5.56 Å². The second-order valence-corrected chi connectivity index (χ2v) is 16.9. The molecule has 202 valence electrons. The predicted molar refractivity (Wildman–Crippen MR) is 162 cm³/mol. The minimum Gasteiger partial charge on any atom is -0.360 e. The summed E-state index contributed by atoms with van der Waals surface area (Å²) in [5, 5.41) is 9.10. The lowest BCUT2D eigenvalue weighted by Crippen LogP contribution is -2.22. The molecule has 0 aliphatic heterocycles. The number of hydrogen-bond acceptors (Lipinski definition) is 5. The first-order valence-electron chi connectivity index (χ1n) is 13.5. The van der Waals surface area contributed by atoms with Gasteiger partial charge in [0.15, 0.2) is 5.65 Å². The second-order valence-electron chi connectivity index (χ2n) is 11.3. The Labute approximate surface area is 233 Å². The summed E-state index contributed by atoms with van der Waals surface area (Å²) in [6, 6.07) is 22.8. The van der Waals surface area contributed by atoms with Gasteiger partial charge in [-0.25, -0.2) is 9.67 Å². The van der Waals surface area contributed by atoms with E-state index in [0.29, 0.717) is 29.3 Å². The van der Waals surface area contributed by atoms with E-state index in [1.165, 1.54) is 4.52 Å². The van der Waals surface area contributed by atoms with Crippen molar-refractivity contribution in [1.82, 2.24) is 29.4 Å². The number of benzene rings is 2. The highest BCUT2D eigenvalue weighted by molar-refractivity contribution is 6.76. The molecule has 8 nitrogen and oxygen atoms in total. The standard InChI is InChI=1S/C31H32N6O2Si/c1-21-27(24-12-13-25-23(19-24)11-8-15-32-25)31(38)37-30(33-21)28(22-9-6-5-7-10-22)29(35-37)26-14-16-36(34-26)20-39-17-18-40(2,3)4/h5-16,19,35H,17-18,20H2,1-4H3. The molecule has 6 rings (SSSR count). The quantitative estimate of drug-likeness (QED) is 0.176. The third-order valence-electron chi connectivity index (χ3n) is 7.03. The van der Waals surface area contributed by atoms with Gasteiger partial charge in [-0.05, 0) is 48.4 Å². The lowest BCUT2D eigenvalue weighted by Gasteiger charge is -2.15. The van der Waals surface area contributed by atoms with Crippen LogP contribution in [0.3, 0.4) is 0 Å². The van der Waals surface area contributed by atoms with Gasteiger partial charge in [-0.2, -0.15) is 9.61 Å². The first kappa shape index (κ1) is 25.9. The fourth-order valence-electron chi connectivity index (χ4n) is 4.91. The number of rotatable bonds is 8. The lowest BCUT2D eigenvalue weighted by molar-refractivity contribution is 0.0787. The van der Waals surface area contributed by atoms with Gasteiger partial charge in [0.25, 0.3) is 5.56 Å². The zero-order valence-corrected chi connectivity index (χ0v) is 24.2. The molecule has 2 aromatic carbocycles. The monoisotopic (exact) mass is 548 g/mol. The predicted octanol–water partition coefficient (Wildman–Crippen LogP) is 6.39. The van der Waals surface area contributed by atoms with Gasteiger partial charge < -0.3 is 4.74 Å². The summed E-state index contributed by atoms with van der Waals surface area (Å²) in [6.07, 6.45) is 3.67. The molecule has 0 radical (unpaired) electrons. The maximum absolute atomic E-state index is 14.0. The SMILES string of the molecule is Cc1nc2c(-c3ccccc3)c(-c3ccn(COCC[Si](C)(C)C)n3)[nH]n2c(=O)c1-c1ccc2ncccc2c1. The first-order valence-corrected chi connectivity index (χ1v) is 17.2. The number of pyridine rings is 1. The van der Waals surface area contributed by atoms with E-state index >= 15 is 0 Å². The Morgan fingerprint density at radius 1 is 0.950 bits per heavy atom. The molecule has 4 aromatic heterocycles. The zero-order chi connectivity index (χ0) is 27.9. The fourth-order valence-corrected chi connectivity index (χ4v) is 5.67. The van der Waals surface area contributed by atoms with Crippen LogP contribution in [0.25, 0.3) is 50.2 Å². The van der Waals surface area contributed by atoms with Crippen molar-refractivity contribution >= 4 is 24.6 Å². The Morgan fingerprint density at radius 2 is 1.77 bits per heavy atom. The summed E-state index contributed by atoms with van der Waals surface area (Å²) in [5.41, 5.74) is 6.54. The maximum atomic E-state index is 14.0. The molecule has 0 saturated carbocycles. The van der Waals surface area contributed by atoms with Gasteiger partial charge in [0.05, 0.1) is 28.0 Å². The smallest absolute Gasteiger partial charge is 0.280 e. The molecule has 1 N–H and O–H groups in total. The van der Waals surface area contributed by atoms with Crippen molar-refractivity contribution in [2.45, 2.75) is 39.3 Å². The summed E-state index contributed by atoms with van der Waals surface area (Å²) in [4.78, 5) is 23.4. The number of hydrogen-bond donors (Lipinski definition) is 1. The van der Waals surface area contributed by atoms with Crippen LogP contribution >= 0.6 is 0 Å². The summed E-state index contributed by atoms with van der Waals surface area (Å²) in [7, 11) is -1.16. The van der Waals surface area contributed by atoms with E-state index in [0.717, 1.165) is 45.9 Å². The Morgan fingerprint density at radius 3 is 2.58 bits per heavy atom. The van der Waals surface area contributed by atoms with E-state index in [9.17, 15) is 4.79 Å². The van der Waals surface area contributed by atoms with Crippen LogP contribution in [-0.4, -0.2) is 44.0 Å². The second kappa shape index (κ2) is 10.3. The van der Waals surface area contributed by atoms with E-state index in [1.54, 1.807) is 10.9 Å². The number of aromatic amines is 1. The highest BCUT2D eigenvalue weighted by Crippen LogP contribution is 2.34. The molecule has 0 unspecified atom stereocenters. The number of nitrogens with one attached hydrogen (secondary N) is 1. The molecule has 40 heavy (non-hydrogen) atoms. The summed E-state index contributed by atoms with van der Waals surface area (Å²) in [6.45, 7) is 10.00. The number of nitrogens with zero attached hydrogens (tertiary/aromatic N) is 5. The van der Waals surface area contributed by atoms with E-state index in [1.807, 2.05) is 79.9 Å². The van der Waals surface area contributed by atoms with Gasteiger partial charge >= 0.3 is 0 Å². The minimum absolute atomic E-state index is 0.164. The van der Waals surface area contributed by atoms with Crippen molar-refractivity contribution in [2.24, 2.45) is 0 Å². The van der Waals surface area contributed by atoms with Gasteiger partial charge in [-0.15, -0.1) is 0 Å².